The molecule has 2 N–H and O–H groups in total. The molecule has 0 bridgehead atoms. The van der Waals surface area contributed by atoms with E-state index in [1.165, 1.54) is 18.4 Å². The fourth-order valence-electron chi connectivity index (χ4n) is 2.87. The Balaban J connectivity index is 0.00000200. The van der Waals surface area contributed by atoms with Crippen molar-refractivity contribution in [2.75, 3.05) is 13.1 Å². The fourth-order valence-corrected chi connectivity index (χ4v) is 2.87. The summed E-state index contributed by atoms with van der Waals surface area (Å²) in [6.45, 7) is 4.34. The van der Waals surface area contributed by atoms with E-state index in [1.54, 1.807) is 12.1 Å². The Kier molecular flexibility index (Phi) is 10.2. The number of nitrogens with zero attached hydrogens (tertiary/aromatic N) is 1. The van der Waals surface area contributed by atoms with Crippen LogP contribution in [0.5, 0.6) is 0 Å². The van der Waals surface area contributed by atoms with Crippen molar-refractivity contribution >= 4 is 24.8 Å². The molecule has 5 heteroatoms. The van der Waals surface area contributed by atoms with Gasteiger partial charge in [0.2, 0.25) is 0 Å². The Morgan fingerprint density at radius 3 is 2.29 bits per heavy atom. The lowest BCUT2D eigenvalue weighted by Gasteiger charge is -2.37. The largest absolute Gasteiger partial charge is 0.328 e. The van der Waals surface area contributed by atoms with Crippen LogP contribution in [-0.2, 0) is 0 Å². The molecule has 1 unspecified atom stereocenters. The molecular formula is C16H27Cl2FN2. The Bertz CT molecular complexity index is 378. The van der Waals surface area contributed by atoms with E-state index < -0.39 is 0 Å². The third-order valence-electron chi connectivity index (χ3n) is 4.10. The Labute approximate surface area is 140 Å². The molecule has 0 aromatic heterocycles. The number of hydrogen-bond donors (Lipinski definition) is 1. The van der Waals surface area contributed by atoms with Crippen LogP contribution in [0, 0.1) is 5.82 Å². The van der Waals surface area contributed by atoms with Gasteiger partial charge in [0.1, 0.15) is 5.82 Å². The number of unbranched alkanes of at least 4 members (excludes halogenated alkanes) is 1. The fraction of sp³-hybridized carbons (Fsp3) is 0.625. The maximum atomic E-state index is 13.1. The first kappa shape index (κ1) is 20.6. The Morgan fingerprint density at radius 1 is 1.19 bits per heavy atom. The monoisotopic (exact) mass is 336 g/mol. The predicted molar refractivity (Wildman–Crippen MR) is 91.9 cm³/mol. The molecular weight excluding hydrogens is 310 g/mol. The molecule has 1 saturated heterocycles. The van der Waals surface area contributed by atoms with Crippen LogP contribution in [0.4, 0.5) is 4.39 Å². The maximum absolute atomic E-state index is 13.1. The van der Waals surface area contributed by atoms with E-state index in [1.807, 2.05) is 12.1 Å². The van der Waals surface area contributed by atoms with Crippen molar-refractivity contribution in [1.29, 1.82) is 0 Å². The van der Waals surface area contributed by atoms with Crippen LogP contribution in [0.15, 0.2) is 24.3 Å². The standard InChI is InChI=1S/C16H25FN2.2ClH/c1-2-3-4-16(13-5-7-14(17)8-6-13)19-11-9-15(18)10-12-19;;/h5-8,15-16H,2-4,9-12,18H2,1H3;2*1H. The van der Waals surface area contributed by atoms with Crippen LogP contribution in [0.3, 0.4) is 0 Å². The summed E-state index contributed by atoms with van der Waals surface area (Å²) in [6.07, 6.45) is 5.71. The van der Waals surface area contributed by atoms with E-state index in [2.05, 4.69) is 11.8 Å². The highest BCUT2D eigenvalue weighted by Crippen LogP contribution is 2.29. The van der Waals surface area contributed by atoms with Gasteiger partial charge >= 0.3 is 0 Å². The summed E-state index contributed by atoms with van der Waals surface area (Å²) in [5, 5.41) is 0. The van der Waals surface area contributed by atoms with Gasteiger partial charge in [-0.2, -0.15) is 0 Å². The van der Waals surface area contributed by atoms with Crippen molar-refractivity contribution in [2.45, 2.75) is 51.1 Å². The lowest BCUT2D eigenvalue weighted by molar-refractivity contribution is 0.144. The third kappa shape index (κ3) is 6.11. The molecule has 1 aliphatic heterocycles. The molecule has 0 spiro atoms. The highest BCUT2D eigenvalue weighted by Gasteiger charge is 2.24. The smallest absolute Gasteiger partial charge is 0.123 e. The molecule has 122 valence electrons. The van der Waals surface area contributed by atoms with Gasteiger partial charge in [0, 0.05) is 25.2 Å². The summed E-state index contributed by atoms with van der Waals surface area (Å²) in [5.41, 5.74) is 7.22. The Hall–Kier alpha value is -0.350. The second-order valence-electron chi connectivity index (χ2n) is 5.58. The number of likely N-dealkylation sites (tertiary alicyclic amines) is 1. The van der Waals surface area contributed by atoms with E-state index in [0.717, 1.165) is 32.4 Å². The summed E-state index contributed by atoms with van der Waals surface area (Å²) >= 11 is 0. The van der Waals surface area contributed by atoms with Gasteiger partial charge in [-0.1, -0.05) is 31.9 Å². The number of piperidine rings is 1. The zero-order valence-corrected chi connectivity index (χ0v) is 14.3. The minimum absolute atomic E-state index is 0. The highest BCUT2D eigenvalue weighted by molar-refractivity contribution is 5.85. The predicted octanol–water partition coefficient (Wildman–Crippen LogP) is 4.32. The quantitative estimate of drug-likeness (QED) is 0.867. The number of nitrogens with two attached hydrogens (primary N) is 1. The summed E-state index contributed by atoms with van der Waals surface area (Å²) in [4.78, 5) is 2.52. The summed E-state index contributed by atoms with van der Waals surface area (Å²) < 4.78 is 13.1. The highest BCUT2D eigenvalue weighted by atomic mass is 35.5. The number of benzene rings is 1. The first-order valence-electron chi connectivity index (χ1n) is 7.45. The molecule has 2 rings (SSSR count). The van der Waals surface area contributed by atoms with E-state index in [9.17, 15) is 4.39 Å². The summed E-state index contributed by atoms with van der Waals surface area (Å²) in [6, 6.07) is 7.80. The molecule has 1 aliphatic rings. The van der Waals surface area contributed by atoms with Gasteiger partial charge in [-0.25, -0.2) is 4.39 Å². The number of halogens is 3. The van der Waals surface area contributed by atoms with Crippen LogP contribution >= 0.6 is 24.8 Å². The summed E-state index contributed by atoms with van der Waals surface area (Å²) in [7, 11) is 0. The number of rotatable bonds is 5. The van der Waals surface area contributed by atoms with Crippen LogP contribution in [0.25, 0.3) is 0 Å². The lowest BCUT2D eigenvalue weighted by Crippen LogP contribution is -2.41. The van der Waals surface area contributed by atoms with E-state index in [0.29, 0.717) is 12.1 Å². The van der Waals surface area contributed by atoms with E-state index >= 15 is 0 Å². The van der Waals surface area contributed by atoms with Gasteiger partial charge in [0.25, 0.3) is 0 Å². The third-order valence-corrected chi connectivity index (χ3v) is 4.10. The lowest BCUT2D eigenvalue weighted by atomic mass is 9.96. The topological polar surface area (TPSA) is 29.3 Å². The zero-order valence-electron chi connectivity index (χ0n) is 12.6. The van der Waals surface area contributed by atoms with Crippen molar-refractivity contribution in [3.05, 3.63) is 35.6 Å². The molecule has 1 fully saturated rings. The van der Waals surface area contributed by atoms with Gasteiger partial charge in [0.15, 0.2) is 0 Å². The molecule has 0 radical (unpaired) electrons. The van der Waals surface area contributed by atoms with Gasteiger partial charge in [-0.15, -0.1) is 24.8 Å². The molecule has 0 aliphatic carbocycles. The second-order valence-corrected chi connectivity index (χ2v) is 5.58. The molecule has 2 nitrogen and oxygen atoms in total. The summed E-state index contributed by atoms with van der Waals surface area (Å²) in [5.74, 6) is -0.154. The maximum Gasteiger partial charge on any atom is 0.123 e. The normalized spacial score (nSPS) is 17.7. The zero-order chi connectivity index (χ0) is 13.7. The van der Waals surface area contributed by atoms with Crippen molar-refractivity contribution in [3.63, 3.8) is 0 Å². The molecule has 1 atom stereocenters. The van der Waals surface area contributed by atoms with Gasteiger partial charge in [0.05, 0.1) is 0 Å². The van der Waals surface area contributed by atoms with E-state index in [-0.39, 0.29) is 30.6 Å². The van der Waals surface area contributed by atoms with Crippen LogP contribution in [0.1, 0.15) is 50.6 Å². The molecule has 21 heavy (non-hydrogen) atoms. The molecule has 1 heterocycles. The molecule has 0 amide bonds. The van der Waals surface area contributed by atoms with Crippen LogP contribution in [0.2, 0.25) is 0 Å². The Morgan fingerprint density at radius 2 is 1.76 bits per heavy atom. The average Bonchev–Trinajstić information content (AvgIpc) is 2.43. The SMILES string of the molecule is CCCCC(c1ccc(F)cc1)N1CCC(N)CC1.Cl.Cl. The van der Waals surface area contributed by atoms with Gasteiger partial charge in [-0.05, 0) is 37.0 Å². The van der Waals surface area contributed by atoms with Crippen LogP contribution in [-0.4, -0.2) is 24.0 Å². The minimum Gasteiger partial charge on any atom is -0.328 e. The van der Waals surface area contributed by atoms with Gasteiger partial charge < -0.3 is 5.73 Å². The molecule has 0 saturated carbocycles. The average molecular weight is 337 g/mol. The van der Waals surface area contributed by atoms with Crippen molar-refractivity contribution in [2.24, 2.45) is 5.73 Å². The minimum atomic E-state index is -0.154. The van der Waals surface area contributed by atoms with E-state index in [4.69, 9.17) is 5.73 Å². The van der Waals surface area contributed by atoms with Crippen molar-refractivity contribution in [3.8, 4) is 0 Å². The molecule has 1 aromatic rings. The first-order chi connectivity index (χ1) is 9.20. The van der Waals surface area contributed by atoms with Crippen molar-refractivity contribution < 1.29 is 4.39 Å². The first-order valence-corrected chi connectivity index (χ1v) is 7.45. The van der Waals surface area contributed by atoms with Crippen LogP contribution < -0.4 is 5.73 Å². The second kappa shape index (κ2) is 10.4. The number of hydrogen-bond acceptors (Lipinski definition) is 2. The molecule has 1 aromatic carbocycles. The van der Waals surface area contributed by atoms with Gasteiger partial charge in [-0.3, -0.25) is 4.90 Å². The van der Waals surface area contributed by atoms with Crippen molar-refractivity contribution in [1.82, 2.24) is 4.90 Å².